The molecule has 3 aliphatic rings. The van der Waals surface area contributed by atoms with Crippen molar-refractivity contribution in [3.8, 4) is 0 Å². The van der Waals surface area contributed by atoms with Gasteiger partial charge in [-0.15, -0.1) is 0 Å². The molecule has 0 aromatic heterocycles. The number of carbonyl (C=O) groups is 3. The van der Waals surface area contributed by atoms with E-state index in [9.17, 15) is 14.4 Å². The number of hydrogen-bond acceptors (Lipinski definition) is 6. The van der Waals surface area contributed by atoms with E-state index in [0.717, 1.165) is 12.5 Å². The first-order valence-electron chi connectivity index (χ1n) is 6.05. The summed E-state index contributed by atoms with van der Waals surface area (Å²) < 4.78 is 14.9. The Labute approximate surface area is 109 Å². The molecule has 3 unspecified atom stereocenters. The van der Waals surface area contributed by atoms with E-state index in [4.69, 9.17) is 9.47 Å². The van der Waals surface area contributed by atoms with Gasteiger partial charge in [0.05, 0.1) is 5.92 Å². The number of fused-ring (bicyclic) bond motifs is 1. The van der Waals surface area contributed by atoms with Crippen molar-refractivity contribution in [1.82, 2.24) is 0 Å². The molecule has 2 aliphatic carbocycles. The second kappa shape index (κ2) is 4.22. The Kier molecular flexibility index (Phi) is 2.66. The second-order valence-corrected chi connectivity index (χ2v) is 4.82. The highest BCUT2D eigenvalue weighted by Crippen LogP contribution is 2.56. The standard InChI is InChI=1S/C13H12O6/c1-2-9(14)17-5-10(15)18-11-6-3-7-8(4-6)13(16)19-12(7)11/h2,6-8H,1,3-5H2. The minimum Gasteiger partial charge on any atom is -0.451 e. The Hall–Kier alpha value is -2.11. The Balaban J connectivity index is 1.65. The summed E-state index contributed by atoms with van der Waals surface area (Å²) in [5.41, 5.74) is 0. The Morgan fingerprint density at radius 1 is 1.37 bits per heavy atom. The van der Waals surface area contributed by atoms with E-state index in [1.165, 1.54) is 0 Å². The lowest BCUT2D eigenvalue weighted by atomic mass is 9.94. The molecule has 3 atom stereocenters. The van der Waals surface area contributed by atoms with Crippen molar-refractivity contribution in [2.45, 2.75) is 12.8 Å². The van der Waals surface area contributed by atoms with Crippen LogP contribution in [0.1, 0.15) is 12.8 Å². The van der Waals surface area contributed by atoms with Crippen LogP contribution in [-0.2, 0) is 28.6 Å². The van der Waals surface area contributed by atoms with Gasteiger partial charge in [-0.1, -0.05) is 6.58 Å². The summed E-state index contributed by atoms with van der Waals surface area (Å²) in [6.07, 6.45) is 2.43. The van der Waals surface area contributed by atoms with Crippen LogP contribution in [-0.4, -0.2) is 24.5 Å². The van der Waals surface area contributed by atoms with Crippen molar-refractivity contribution in [3.05, 3.63) is 24.2 Å². The summed E-state index contributed by atoms with van der Waals surface area (Å²) in [4.78, 5) is 33.9. The van der Waals surface area contributed by atoms with Gasteiger partial charge in [0.15, 0.2) is 12.4 Å². The maximum absolute atomic E-state index is 11.5. The molecule has 2 fully saturated rings. The molecule has 0 radical (unpaired) electrons. The number of carbonyl (C=O) groups excluding carboxylic acids is 3. The predicted octanol–water partition coefficient (Wildman–Crippen LogP) is 0.683. The Bertz CT molecular complexity index is 517. The van der Waals surface area contributed by atoms with E-state index in [1.54, 1.807) is 0 Å². The van der Waals surface area contributed by atoms with Crippen molar-refractivity contribution in [2.24, 2.45) is 17.8 Å². The first-order valence-corrected chi connectivity index (χ1v) is 6.05. The fourth-order valence-corrected chi connectivity index (χ4v) is 2.97. The zero-order chi connectivity index (χ0) is 13.6. The fraction of sp³-hybridized carbons (Fsp3) is 0.462. The maximum Gasteiger partial charge on any atom is 0.349 e. The normalized spacial score (nSPS) is 30.3. The van der Waals surface area contributed by atoms with Crippen molar-refractivity contribution in [3.63, 3.8) is 0 Å². The molecular formula is C13H12O6. The first-order chi connectivity index (χ1) is 9.10. The predicted molar refractivity (Wildman–Crippen MR) is 60.1 cm³/mol. The summed E-state index contributed by atoms with van der Waals surface area (Å²) in [5, 5.41) is 0. The molecule has 1 saturated heterocycles. The van der Waals surface area contributed by atoms with Crippen LogP contribution in [0, 0.1) is 17.8 Å². The van der Waals surface area contributed by atoms with Gasteiger partial charge >= 0.3 is 17.9 Å². The van der Waals surface area contributed by atoms with Crippen LogP contribution in [0.25, 0.3) is 0 Å². The Morgan fingerprint density at radius 3 is 2.84 bits per heavy atom. The van der Waals surface area contributed by atoms with Gasteiger partial charge in [-0.3, -0.25) is 4.79 Å². The molecule has 1 aliphatic heterocycles. The second-order valence-electron chi connectivity index (χ2n) is 4.82. The molecule has 6 heteroatoms. The number of ether oxygens (including phenoxy) is 3. The SMILES string of the molecule is C=CC(=O)OCC(=O)OC1=C2OC(=O)C3CC1CC23. The maximum atomic E-state index is 11.5. The van der Waals surface area contributed by atoms with Gasteiger partial charge in [-0.05, 0) is 12.8 Å². The summed E-state index contributed by atoms with van der Waals surface area (Å²) in [6, 6.07) is 0. The van der Waals surface area contributed by atoms with Crippen LogP contribution in [0.2, 0.25) is 0 Å². The van der Waals surface area contributed by atoms with Gasteiger partial charge in [0, 0.05) is 17.9 Å². The van der Waals surface area contributed by atoms with Crippen LogP contribution in [0.15, 0.2) is 24.2 Å². The molecule has 0 N–H and O–H groups in total. The van der Waals surface area contributed by atoms with Crippen LogP contribution < -0.4 is 0 Å². The third kappa shape index (κ3) is 1.83. The average Bonchev–Trinajstić information content (AvgIpc) is 3.00. The van der Waals surface area contributed by atoms with Crippen molar-refractivity contribution < 1.29 is 28.6 Å². The third-order valence-electron chi connectivity index (χ3n) is 3.75. The molecule has 6 nitrogen and oxygen atoms in total. The zero-order valence-electron chi connectivity index (χ0n) is 10.1. The van der Waals surface area contributed by atoms with Gasteiger partial charge in [0.25, 0.3) is 0 Å². The highest BCUT2D eigenvalue weighted by Gasteiger charge is 2.57. The average molecular weight is 264 g/mol. The van der Waals surface area contributed by atoms with Crippen LogP contribution in [0.3, 0.4) is 0 Å². The number of rotatable bonds is 4. The van der Waals surface area contributed by atoms with E-state index in [0.29, 0.717) is 17.9 Å². The minimum atomic E-state index is -0.685. The van der Waals surface area contributed by atoms with Crippen molar-refractivity contribution in [2.75, 3.05) is 6.61 Å². The van der Waals surface area contributed by atoms with Crippen LogP contribution in [0.4, 0.5) is 0 Å². The largest absolute Gasteiger partial charge is 0.451 e. The summed E-state index contributed by atoms with van der Waals surface area (Å²) >= 11 is 0. The molecule has 3 rings (SSSR count). The van der Waals surface area contributed by atoms with E-state index < -0.39 is 18.5 Å². The molecule has 0 amide bonds. The molecule has 2 bridgehead atoms. The van der Waals surface area contributed by atoms with E-state index in [1.807, 2.05) is 0 Å². The van der Waals surface area contributed by atoms with E-state index >= 15 is 0 Å². The highest BCUT2D eigenvalue weighted by molar-refractivity contribution is 5.84. The summed E-state index contributed by atoms with van der Waals surface area (Å²) in [6.45, 7) is 2.74. The molecule has 0 aromatic rings. The summed E-state index contributed by atoms with van der Waals surface area (Å²) in [7, 11) is 0. The topological polar surface area (TPSA) is 78.9 Å². The van der Waals surface area contributed by atoms with Gasteiger partial charge in [0.1, 0.15) is 5.76 Å². The highest BCUT2D eigenvalue weighted by atomic mass is 16.6. The quantitative estimate of drug-likeness (QED) is 0.422. The van der Waals surface area contributed by atoms with Gasteiger partial charge < -0.3 is 14.2 Å². The monoisotopic (exact) mass is 264 g/mol. The van der Waals surface area contributed by atoms with Gasteiger partial charge in [0.2, 0.25) is 0 Å². The number of hydrogen-bond donors (Lipinski definition) is 0. The smallest absolute Gasteiger partial charge is 0.349 e. The first kappa shape index (κ1) is 12.0. The summed E-state index contributed by atoms with van der Waals surface area (Å²) in [5.74, 6) is -0.597. The molecule has 0 aromatic carbocycles. The third-order valence-corrected chi connectivity index (χ3v) is 3.75. The number of allylic oxidation sites excluding steroid dienone is 2. The van der Waals surface area contributed by atoms with Crippen LogP contribution >= 0.6 is 0 Å². The molecule has 1 saturated carbocycles. The van der Waals surface area contributed by atoms with E-state index in [-0.39, 0.29) is 23.7 Å². The lowest BCUT2D eigenvalue weighted by Gasteiger charge is -2.14. The lowest BCUT2D eigenvalue weighted by molar-refractivity contribution is -0.154. The molecule has 0 spiro atoms. The zero-order valence-corrected chi connectivity index (χ0v) is 10.1. The number of esters is 3. The molecule has 100 valence electrons. The molecule has 1 heterocycles. The van der Waals surface area contributed by atoms with Crippen molar-refractivity contribution in [1.29, 1.82) is 0 Å². The van der Waals surface area contributed by atoms with Gasteiger partial charge in [-0.2, -0.15) is 0 Å². The van der Waals surface area contributed by atoms with E-state index in [2.05, 4.69) is 11.3 Å². The molecule has 19 heavy (non-hydrogen) atoms. The Morgan fingerprint density at radius 2 is 2.11 bits per heavy atom. The lowest BCUT2D eigenvalue weighted by Crippen LogP contribution is -2.18. The fourth-order valence-electron chi connectivity index (χ4n) is 2.97. The van der Waals surface area contributed by atoms with Crippen molar-refractivity contribution >= 4 is 17.9 Å². The molecular weight excluding hydrogens is 252 g/mol. The van der Waals surface area contributed by atoms with Gasteiger partial charge in [-0.25, -0.2) is 9.59 Å². The van der Waals surface area contributed by atoms with Crippen LogP contribution in [0.5, 0.6) is 0 Å². The minimum absolute atomic E-state index is 0.0653.